The van der Waals surface area contributed by atoms with Gasteiger partial charge in [0.05, 0.1) is 7.11 Å². The van der Waals surface area contributed by atoms with Gasteiger partial charge in [0.15, 0.2) is 0 Å². The number of nitrogens with two attached hydrogens (primary N) is 2. The first kappa shape index (κ1) is 15.2. The van der Waals surface area contributed by atoms with E-state index >= 15 is 0 Å². The summed E-state index contributed by atoms with van der Waals surface area (Å²) in [6.45, 7) is 3.26. The van der Waals surface area contributed by atoms with Crippen LogP contribution in [0.4, 0.5) is 0 Å². The molecule has 6 heteroatoms. The summed E-state index contributed by atoms with van der Waals surface area (Å²) in [7, 11) is 1.40. The van der Waals surface area contributed by atoms with Crippen molar-refractivity contribution in [1.29, 1.82) is 0 Å². The van der Waals surface area contributed by atoms with Crippen LogP contribution in [0, 0.1) is 0 Å². The normalized spacial score (nSPS) is 11.0. The van der Waals surface area contributed by atoms with Crippen molar-refractivity contribution >= 4 is 12.8 Å². The molecule has 0 radical (unpaired) electrons. The van der Waals surface area contributed by atoms with Gasteiger partial charge in [-0.05, 0) is 12.0 Å². The quantitative estimate of drug-likeness (QED) is 0.516. The number of carboxylic acids is 1. The molecule has 17 heavy (non-hydrogen) atoms. The Hall–Kier alpha value is -1.76. The zero-order valence-corrected chi connectivity index (χ0v) is 9.63. The molecule has 0 heterocycles. The van der Waals surface area contributed by atoms with Crippen molar-refractivity contribution < 1.29 is 19.2 Å². The number of hydrogen-bond donors (Lipinski definition) is 3. The zero-order valence-electron chi connectivity index (χ0n) is 9.63. The van der Waals surface area contributed by atoms with Crippen molar-refractivity contribution in [2.45, 2.75) is 12.5 Å². The van der Waals surface area contributed by atoms with E-state index in [4.69, 9.17) is 15.3 Å². The number of carbonyl (C=O) groups excluding carboxylic acids is 1. The molecule has 0 aliphatic carbocycles. The maximum Gasteiger partial charge on any atom is 0.351 e. The van der Waals surface area contributed by atoms with Gasteiger partial charge in [0.1, 0.15) is 6.04 Å². The first-order valence-electron chi connectivity index (χ1n) is 4.77. The Balaban J connectivity index is 0.000000770. The molecule has 0 fully saturated rings. The van der Waals surface area contributed by atoms with Crippen LogP contribution >= 0.6 is 0 Å². The van der Waals surface area contributed by atoms with E-state index in [1.165, 1.54) is 7.11 Å². The van der Waals surface area contributed by atoms with Gasteiger partial charge in [-0.15, -0.1) is 0 Å². The molecule has 0 aliphatic rings. The van der Waals surface area contributed by atoms with E-state index in [-0.39, 0.29) is 6.42 Å². The van der Waals surface area contributed by atoms with Crippen molar-refractivity contribution in [2.24, 2.45) is 11.6 Å². The van der Waals surface area contributed by atoms with Gasteiger partial charge in [0.2, 0.25) is 0 Å². The van der Waals surface area contributed by atoms with Gasteiger partial charge >= 0.3 is 11.7 Å². The van der Waals surface area contributed by atoms with Crippen molar-refractivity contribution in [1.82, 2.24) is 0 Å². The Labute approximate surface area is 99.4 Å². The highest BCUT2D eigenvalue weighted by Gasteiger charge is 2.13. The average molecular weight is 241 g/mol. The lowest BCUT2D eigenvalue weighted by Crippen LogP contribution is -2.32. The smallest absolute Gasteiger partial charge is 0.351 e. The lowest BCUT2D eigenvalue weighted by molar-refractivity contribution is -0.354. The van der Waals surface area contributed by atoms with E-state index in [1.54, 1.807) is 24.3 Å². The molecule has 1 rings (SSSR count). The van der Waals surface area contributed by atoms with Gasteiger partial charge in [-0.25, -0.2) is 10.3 Å². The van der Waals surface area contributed by atoms with Crippen LogP contribution in [-0.4, -0.2) is 31.0 Å². The maximum absolute atomic E-state index is 10.5. The summed E-state index contributed by atoms with van der Waals surface area (Å²) >= 11 is 0. The molecule has 5 N–H and O–H groups in total. The SMILES string of the molecule is C=[O+]c1cccc(CC(N)C(=O)O)c1.CON. The molecule has 94 valence electrons. The van der Waals surface area contributed by atoms with Crippen LogP contribution in [0.3, 0.4) is 0 Å². The molecule has 1 aromatic rings. The van der Waals surface area contributed by atoms with Crippen LogP contribution in [0.2, 0.25) is 0 Å². The Morgan fingerprint density at radius 3 is 2.71 bits per heavy atom. The van der Waals surface area contributed by atoms with E-state index in [2.05, 4.69) is 17.5 Å². The number of rotatable bonds is 4. The van der Waals surface area contributed by atoms with E-state index in [9.17, 15) is 4.79 Å². The Bertz CT molecular complexity index is 368. The third-order valence-electron chi connectivity index (χ3n) is 1.84. The molecule has 1 atom stereocenters. The fourth-order valence-corrected chi connectivity index (χ4v) is 1.10. The molecule has 1 unspecified atom stereocenters. The highest BCUT2D eigenvalue weighted by molar-refractivity contribution is 5.73. The standard InChI is InChI=1S/C10H11NO3.CH5NO/c1-14-8-4-2-3-7(5-8)6-9(11)10(12)13;1-3-2/h2-5,9H,1,6,11H2;2H2,1H3/p+1. The number of aliphatic carboxylic acids is 1. The lowest BCUT2D eigenvalue weighted by Gasteiger charge is -2.04. The molecule has 0 aromatic heterocycles. The van der Waals surface area contributed by atoms with Crippen molar-refractivity contribution in [3.05, 3.63) is 29.8 Å². The molecule has 1 aromatic carbocycles. The van der Waals surface area contributed by atoms with Gasteiger partial charge in [0.25, 0.3) is 6.79 Å². The molecular weight excluding hydrogens is 224 g/mol. The maximum atomic E-state index is 10.5. The lowest BCUT2D eigenvalue weighted by atomic mass is 10.1. The minimum absolute atomic E-state index is 0.284. The second kappa shape index (κ2) is 8.40. The van der Waals surface area contributed by atoms with Gasteiger partial charge < -0.3 is 15.7 Å². The van der Waals surface area contributed by atoms with E-state index in [0.29, 0.717) is 5.75 Å². The second-order valence-electron chi connectivity index (χ2n) is 3.18. The van der Waals surface area contributed by atoms with Crippen molar-refractivity contribution in [3.63, 3.8) is 0 Å². The summed E-state index contributed by atoms with van der Waals surface area (Å²) in [4.78, 5) is 14.2. The first-order valence-corrected chi connectivity index (χ1v) is 4.77. The topological polar surface area (TPSA) is 110 Å². The Kier molecular flexibility index (Phi) is 7.53. The van der Waals surface area contributed by atoms with Gasteiger partial charge in [-0.1, -0.05) is 12.1 Å². The fourth-order valence-electron chi connectivity index (χ4n) is 1.10. The van der Waals surface area contributed by atoms with Gasteiger partial charge in [0, 0.05) is 12.1 Å². The van der Waals surface area contributed by atoms with Crippen LogP contribution in [0.1, 0.15) is 5.56 Å². The van der Waals surface area contributed by atoms with E-state index in [0.717, 1.165) is 5.56 Å². The minimum Gasteiger partial charge on any atom is -0.480 e. The zero-order chi connectivity index (χ0) is 13.3. The third kappa shape index (κ3) is 6.41. The average Bonchev–Trinajstić information content (AvgIpc) is 2.30. The molecule has 0 saturated carbocycles. The van der Waals surface area contributed by atoms with E-state index in [1.807, 2.05) is 0 Å². The van der Waals surface area contributed by atoms with Crippen LogP contribution in [0.15, 0.2) is 24.3 Å². The summed E-state index contributed by atoms with van der Waals surface area (Å²) < 4.78 is 4.76. The Morgan fingerprint density at radius 2 is 2.24 bits per heavy atom. The molecule has 6 nitrogen and oxygen atoms in total. The van der Waals surface area contributed by atoms with Crippen LogP contribution in [0.25, 0.3) is 0 Å². The molecule has 0 aliphatic heterocycles. The second-order valence-corrected chi connectivity index (χ2v) is 3.18. The van der Waals surface area contributed by atoms with Gasteiger partial charge in [-0.3, -0.25) is 4.79 Å². The monoisotopic (exact) mass is 241 g/mol. The Morgan fingerprint density at radius 1 is 1.65 bits per heavy atom. The number of carbonyl (C=O) groups is 1. The number of carboxylic acid groups (broad SMARTS) is 1. The predicted molar refractivity (Wildman–Crippen MR) is 63.5 cm³/mol. The summed E-state index contributed by atoms with van der Waals surface area (Å²) in [6, 6.07) is 6.14. The molecular formula is C11H17N2O4+. The fraction of sp³-hybridized carbons (Fsp3) is 0.273. The first-order chi connectivity index (χ1) is 8.04. The largest absolute Gasteiger partial charge is 0.480 e. The summed E-state index contributed by atoms with van der Waals surface area (Å²) in [5.74, 6) is 3.94. The highest BCUT2D eigenvalue weighted by Crippen LogP contribution is 2.13. The summed E-state index contributed by atoms with van der Waals surface area (Å²) in [6.07, 6.45) is 0.284. The molecule has 0 spiro atoms. The highest BCUT2D eigenvalue weighted by atomic mass is 16.6. The summed E-state index contributed by atoms with van der Waals surface area (Å²) in [5, 5.41) is 8.60. The van der Waals surface area contributed by atoms with Crippen molar-refractivity contribution in [3.8, 4) is 5.75 Å². The predicted octanol–water partition coefficient (Wildman–Crippen LogP) is 0.225. The molecule has 0 amide bonds. The number of benzene rings is 1. The van der Waals surface area contributed by atoms with Crippen LogP contribution in [0.5, 0.6) is 5.75 Å². The van der Waals surface area contributed by atoms with Crippen molar-refractivity contribution in [2.75, 3.05) is 7.11 Å². The summed E-state index contributed by atoms with van der Waals surface area (Å²) in [5.41, 5.74) is 6.20. The van der Waals surface area contributed by atoms with Gasteiger partial charge in [-0.2, -0.15) is 0 Å². The molecule has 0 saturated heterocycles. The van der Waals surface area contributed by atoms with E-state index < -0.39 is 12.0 Å². The molecule has 0 bridgehead atoms. The minimum atomic E-state index is -1.01. The van der Waals surface area contributed by atoms with Crippen LogP contribution in [-0.2, 0) is 20.5 Å². The van der Waals surface area contributed by atoms with Crippen LogP contribution < -0.4 is 11.6 Å². The third-order valence-corrected chi connectivity index (χ3v) is 1.84. The number of hydrogen-bond acceptors (Lipinski definition) is 4.